The normalized spacial score (nSPS) is 17.2. The predicted octanol–water partition coefficient (Wildman–Crippen LogP) is 3.82. The second-order valence-corrected chi connectivity index (χ2v) is 7.26. The maximum absolute atomic E-state index is 5.80. The lowest BCUT2D eigenvalue weighted by Crippen LogP contribution is -2.42. The molecule has 6 heteroatoms. The van der Waals surface area contributed by atoms with E-state index in [0.717, 1.165) is 70.7 Å². The second-order valence-electron chi connectivity index (χ2n) is 7.26. The van der Waals surface area contributed by atoms with Gasteiger partial charge in [-0.2, -0.15) is 0 Å². The first-order chi connectivity index (χ1) is 11.6. The second kappa shape index (κ2) is 16.1. The number of halogens is 1. The van der Waals surface area contributed by atoms with Crippen LogP contribution >= 0.6 is 24.0 Å². The van der Waals surface area contributed by atoms with Crippen LogP contribution in [0, 0.1) is 11.8 Å². The fourth-order valence-corrected chi connectivity index (χ4v) is 2.73. The van der Waals surface area contributed by atoms with E-state index in [1.54, 1.807) is 0 Å². The van der Waals surface area contributed by atoms with Crippen molar-refractivity contribution in [2.24, 2.45) is 16.8 Å². The highest BCUT2D eigenvalue weighted by Gasteiger charge is 2.13. The van der Waals surface area contributed by atoms with Gasteiger partial charge in [0, 0.05) is 45.6 Å². The molecule has 0 aromatic carbocycles. The largest absolute Gasteiger partial charge is 0.381 e. The number of aliphatic imine (C=N–C) groups is 1. The molecule has 25 heavy (non-hydrogen) atoms. The number of ether oxygens (including phenoxy) is 2. The van der Waals surface area contributed by atoms with E-state index >= 15 is 0 Å². The Kier molecular flexibility index (Phi) is 16.1. The summed E-state index contributed by atoms with van der Waals surface area (Å²) in [6.45, 7) is 14.0. The van der Waals surface area contributed by atoms with Gasteiger partial charge in [-0.05, 0) is 57.8 Å². The summed E-state index contributed by atoms with van der Waals surface area (Å²) in [6, 6.07) is 0.454. The molecule has 0 saturated carbocycles. The number of guanidine groups is 1. The molecule has 1 atom stereocenters. The van der Waals surface area contributed by atoms with E-state index in [0.29, 0.717) is 12.0 Å². The Morgan fingerprint density at radius 1 is 1.20 bits per heavy atom. The van der Waals surface area contributed by atoms with Gasteiger partial charge in [0.25, 0.3) is 0 Å². The zero-order valence-electron chi connectivity index (χ0n) is 16.7. The number of nitrogens with one attached hydrogen (secondary N) is 2. The Balaban J connectivity index is 0.00000576. The first-order valence-corrected chi connectivity index (χ1v) is 9.82. The van der Waals surface area contributed by atoms with Gasteiger partial charge in [-0.3, -0.25) is 4.99 Å². The Bertz CT molecular complexity index is 335. The molecule has 1 aliphatic heterocycles. The molecule has 0 aromatic heterocycles. The van der Waals surface area contributed by atoms with Crippen LogP contribution in [0.1, 0.15) is 59.8 Å². The lowest BCUT2D eigenvalue weighted by atomic mass is 10.0. The van der Waals surface area contributed by atoms with Gasteiger partial charge in [0.1, 0.15) is 0 Å². The van der Waals surface area contributed by atoms with E-state index in [4.69, 9.17) is 9.47 Å². The summed E-state index contributed by atoms with van der Waals surface area (Å²) in [5, 5.41) is 6.83. The van der Waals surface area contributed by atoms with Gasteiger partial charge in [-0.25, -0.2) is 0 Å². The van der Waals surface area contributed by atoms with Crippen molar-refractivity contribution in [2.75, 3.05) is 39.5 Å². The number of hydrogen-bond donors (Lipinski definition) is 2. The Morgan fingerprint density at radius 2 is 1.92 bits per heavy atom. The van der Waals surface area contributed by atoms with Crippen molar-refractivity contribution in [1.29, 1.82) is 0 Å². The molecule has 0 aliphatic carbocycles. The molecule has 1 saturated heterocycles. The van der Waals surface area contributed by atoms with E-state index < -0.39 is 0 Å². The molecule has 1 fully saturated rings. The van der Waals surface area contributed by atoms with Crippen LogP contribution in [0.5, 0.6) is 0 Å². The summed E-state index contributed by atoms with van der Waals surface area (Å²) in [4.78, 5) is 4.66. The van der Waals surface area contributed by atoms with E-state index in [1.807, 2.05) is 0 Å². The maximum atomic E-state index is 5.80. The molecule has 2 N–H and O–H groups in total. The molecule has 5 nitrogen and oxygen atoms in total. The van der Waals surface area contributed by atoms with Crippen LogP contribution in [0.4, 0.5) is 0 Å². The minimum absolute atomic E-state index is 0. The molecular weight excluding hydrogens is 429 g/mol. The van der Waals surface area contributed by atoms with Crippen LogP contribution in [0.2, 0.25) is 0 Å². The van der Waals surface area contributed by atoms with Gasteiger partial charge in [-0.1, -0.05) is 13.8 Å². The third kappa shape index (κ3) is 13.7. The molecule has 0 bridgehead atoms. The van der Waals surface area contributed by atoms with Crippen molar-refractivity contribution in [1.82, 2.24) is 10.6 Å². The van der Waals surface area contributed by atoms with Crippen molar-refractivity contribution in [3.8, 4) is 0 Å². The first-order valence-electron chi connectivity index (χ1n) is 9.82. The van der Waals surface area contributed by atoms with Crippen LogP contribution in [-0.2, 0) is 9.47 Å². The van der Waals surface area contributed by atoms with Gasteiger partial charge in [-0.15, -0.1) is 24.0 Å². The van der Waals surface area contributed by atoms with Crippen molar-refractivity contribution in [2.45, 2.75) is 65.8 Å². The van der Waals surface area contributed by atoms with Gasteiger partial charge in [0.15, 0.2) is 5.96 Å². The number of rotatable bonds is 11. The fourth-order valence-electron chi connectivity index (χ4n) is 2.73. The molecule has 1 unspecified atom stereocenters. The molecule has 1 rings (SSSR count). The standard InChI is InChI=1S/C19H39N3O2.HI/c1-5-20-19(22-17(4)8-7-16(2)3)21-11-6-12-24-15-18-9-13-23-14-10-18;/h16-18H,5-15H2,1-4H3,(H2,20,21,22);1H. The first kappa shape index (κ1) is 24.9. The zero-order valence-corrected chi connectivity index (χ0v) is 19.0. The molecule has 0 radical (unpaired) electrons. The monoisotopic (exact) mass is 469 g/mol. The van der Waals surface area contributed by atoms with Crippen LogP contribution in [-0.4, -0.2) is 51.5 Å². The Morgan fingerprint density at radius 3 is 2.56 bits per heavy atom. The molecule has 0 spiro atoms. The lowest BCUT2D eigenvalue weighted by molar-refractivity contribution is 0.0205. The molecule has 0 aromatic rings. The average Bonchev–Trinajstić information content (AvgIpc) is 2.57. The van der Waals surface area contributed by atoms with E-state index in [-0.39, 0.29) is 24.0 Å². The average molecular weight is 469 g/mol. The van der Waals surface area contributed by atoms with Gasteiger partial charge in [0.2, 0.25) is 0 Å². The van der Waals surface area contributed by atoms with Crippen molar-refractivity contribution in [3.05, 3.63) is 0 Å². The minimum Gasteiger partial charge on any atom is -0.381 e. The highest BCUT2D eigenvalue weighted by molar-refractivity contribution is 14.0. The fraction of sp³-hybridized carbons (Fsp3) is 0.947. The van der Waals surface area contributed by atoms with Crippen LogP contribution in [0.25, 0.3) is 0 Å². The van der Waals surface area contributed by atoms with E-state index in [2.05, 4.69) is 43.3 Å². The predicted molar refractivity (Wildman–Crippen MR) is 117 cm³/mol. The quantitative estimate of drug-likeness (QED) is 0.209. The zero-order chi connectivity index (χ0) is 17.6. The lowest BCUT2D eigenvalue weighted by Gasteiger charge is -2.21. The summed E-state index contributed by atoms with van der Waals surface area (Å²) >= 11 is 0. The summed E-state index contributed by atoms with van der Waals surface area (Å²) in [5.74, 6) is 2.36. The van der Waals surface area contributed by atoms with Gasteiger partial charge in [0.05, 0.1) is 0 Å². The van der Waals surface area contributed by atoms with Crippen LogP contribution in [0.15, 0.2) is 4.99 Å². The molecular formula is C19H40IN3O2. The molecule has 1 heterocycles. The van der Waals surface area contributed by atoms with Crippen molar-refractivity contribution >= 4 is 29.9 Å². The van der Waals surface area contributed by atoms with E-state index in [1.165, 1.54) is 12.8 Å². The SMILES string of the molecule is CCNC(=NCCCOCC1CCOCC1)NC(C)CCC(C)C.I. The summed E-state index contributed by atoms with van der Waals surface area (Å²) in [6.07, 6.45) is 5.67. The van der Waals surface area contributed by atoms with Crippen molar-refractivity contribution < 1.29 is 9.47 Å². The topological polar surface area (TPSA) is 54.9 Å². The number of hydrogen-bond acceptors (Lipinski definition) is 3. The summed E-state index contributed by atoms with van der Waals surface area (Å²) < 4.78 is 11.2. The molecule has 1 aliphatic rings. The van der Waals surface area contributed by atoms with Gasteiger partial charge < -0.3 is 20.1 Å². The minimum atomic E-state index is 0. The van der Waals surface area contributed by atoms with Crippen LogP contribution in [0.3, 0.4) is 0 Å². The van der Waals surface area contributed by atoms with Crippen LogP contribution < -0.4 is 10.6 Å². The Hall–Kier alpha value is -0.0800. The molecule has 0 amide bonds. The highest BCUT2D eigenvalue weighted by atomic mass is 127. The van der Waals surface area contributed by atoms with Gasteiger partial charge >= 0.3 is 0 Å². The highest BCUT2D eigenvalue weighted by Crippen LogP contribution is 2.14. The summed E-state index contributed by atoms with van der Waals surface area (Å²) in [7, 11) is 0. The maximum Gasteiger partial charge on any atom is 0.191 e. The summed E-state index contributed by atoms with van der Waals surface area (Å²) in [5.41, 5.74) is 0. The number of nitrogens with zero attached hydrogens (tertiary/aromatic N) is 1. The Labute approximate surface area is 172 Å². The molecule has 150 valence electrons. The van der Waals surface area contributed by atoms with Crippen molar-refractivity contribution in [3.63, 3.8) is 0 Å². The third-order valence-corrected chi connectivity index (χ3v) is 4.32. The third-order valence-electron chi connectivity index (χ3n) is 4.32. The van der Waals surface area contributed by atoms with E-state index in [9.17, 15) is 0 Å². The smallest absolute Gasteiger partial charge is 0.191 e.